The average molecular weight is 328 g/mol. The van der Waals surface area contributed by atoms with Gasteiger partial charge in [-0.1, -0.05) is 23.2 Å². The number of benzene rings is 1. The maximum absolute atomic E-state index is 6.12. The lowest BCUT2D eigenvalue weighted by atomic mass is 10.1. The molecule has 0 amide bonds. The summed E-state index contributed by atoms with van der Waals surface area (Å²) in [5.74, 6) is 1.01. The van der Waals surface area contributed by atoms with E-state index in [-0.39, 0.29) is 5.54 Å². The van der Waals surface area contributed by atoms with Crippen LogP contribution in [0.2, 0.25) is 10.0 Å². The lowest BCUT2D eigenvalue weighted by molar-refractivity contribution is 0.412. The fourth-order valence-corrected chi connectivity index (χ4v) is 2.20. The van der Waals surface area contributed by atoms with Gasteiger partial charge in [0.15, 0.2) is 0 Å². The molecule has 0 spiro atoms. The molecule has 0 aliphatic carbocycles. The molecule has 114 valence electrons. The van der Waals surface area contributed by atoms with E-state index in [0.717, 1.165) is 19.4 Å². The number of hydrogen-bond donors (Lipinski definition) is 1. The first kappa shape index (κ1) is 16.3. The molecule has 2 aromatic rings. The molecule has 0 saturated carbocycles. The van der Waals surface area contributed by atoms with Gasteiger partial charge in [-0.2, -0.15) is 0 Å². The second-order valence-corrected chi connectivity index (χ2v) is 6.75. The molecule has 1 heterocycles. The standard InChI is InChI=1S/C15H19Cl2N3O/c1-15(2,3)18-8-4-5-13-19-20-14(21-13)11-9-10(16)6-7-12(11)17/h6-7,9,18H,4-5,8H2,1-3H3. The van der Waals surface area contributed by atoms with Gasteiger partial charge in [0, 0.05) is 17.0 Å². The van der Waals surface area contributed by atoms with Crippen molar-refractivity contribution < 1.29 is 4.42 Å². The zero-order valence-electron chi connectivity index (χ0n) is 12.4. The van der Waals surface area contributed by atoms with Crippen LogP contribution in [0.3, 0.4) is 0 Å². The van der Waals surface area contributed by atoms with Crippen LogP contribution in [0, 0.1) is 0 Å². The van der Waals surface area contributed by atoms with E-state index in [9.17, 15) is 0 Å². The normalized spacial score (nSPS) is 11.9. The topological polar surface area (TPSA) is 51.0 Å². The van der Waals surface area contributed by atoms with Crippen LogP contribution in [-0.2, 0) is 6.42 Å². The highest BCUT2D eigenvalue weighted by molar-refractivity contribution is 6.35. The van der Waals surface area contributed by atoms with E-state index in [1.54, 1.807) is 18.2 Å². The Morgan fingerprint density at radius 1 is 1.19 bits per heavy atom. The third kappa shape index (κ3) is 4.99. The van der Waals surface area contributed by atoms with Gasteiger partial charge in [0.25, 0.3) is 0 Å². The maximum Gasteiger partial charge on any atom is 0.249 e. The Bertz CT molecular complexity index is 605. The van der Waals surface area contributed by atoms with Crippen molar-refractivity contribution in [1.82, 2.24) is 15.5 Å². The zero-order chi connectivity index (χ0) is 15.5. The van der Waals surface area contributed by atoms with Crippen LogP contribution < -0.4 is 5.32 Å². The monoisotopic (exact) mass is 327 g/mol. The second kappa shape index (κ2) is 6.77. The molecule has 0 fully saturated rings. The van der Waals surface area contributed by atoms with Crippen LogP contribution >= 0.6 is 23.2 Å². The highest BCUT2D eigenvalue weighted by Crippen LogP contribution is 2.29. The molecular formula is C15H19Cl2N3O. The molecule has 0 saturated heterocycles. The molecule has 0 unspecified atom stereocenters. The highest BCUT2D eigenvalue weighted by Gasteiger charge is 2.13. The molecule has 1 aromatic heterocycles. The third-order valence-electron chi connectivity index (χ3n) is 2.85. The van der Waals surface area contributed by atoms with E-state index >= 15 is 0 Å². The van der Waals surface area contributed by atoms with Gasteiger partial charge in [0.1, 0.15) is 0 Å². The van der Waals surface area contributed by atoms with Gasteiger partial charge in [-0.05, 0) is 51.9 Å². The molecule has 0 aliphatic heterocycles. The smallest absolute Gasteiger partial charge is 0.249 e. The van der Waals surface area contributed by atoms with Crippen molar-refractivity contribution in [1.29, 1.82) is 0 Å². The largest absolute Gasteiger partial charge is 0.421 e. The van der Waals surface area contributed by atoms with Crippen molar-refractivity contribution in [2.45, 2.75) is 39.2 Å². The number of nitrogens with one attached hydrogen (secondary N) is 1. The minimum absolute atomic E-state index is 0.119. The Kier molecular flexibility index (Phi) is 5.25. The summed E-state index contributed by atoms with van der Waals surface area (Å²) in [6, 6.07) is 5.17. The van der Waals surface area contributed by atoms with Crippen LogP contribution in [0.25, 0.3) is 11.5 Å². The van der Waals surface area contributed by atoms with Crippen molar-refractivity contribution in [3.8, 4) is 11.5 Å². The van der Waals surface area contributed by atoms with Gasteiger partial charge in [-0.3, -0.25) is 0 Å². The zero-order valence-corrected chi connectivity index (χ0v) is 13.9. The Balaban J connectivity index is 1.97. The van der Waals surface area contributed by atoms with Gasteiger partial charge < -0.3 is 9.73 Å². The summed E-state index contributed by atoms with van der Waals surface area (Å²) in [4.78, 5) is 0. The summed E-state index contributed by atoms with van der Waals surface area (Å²) in [5, 5.41) is 12.6. The number of halogens is 2. The first-order valence-electron chi connectivity index (χ1n) is 6.88. The summed E-state index contributed by atoms with van der Waals surface area (Å²) in [6.07, 6.45) is 1.66. The van der Waals surface area contributed by atoms with Gasteiger partial charge in [-0.25, -0.2) is 0 Å². The van der Waals surface area contributed by atoms with Gasteiger partial charge in [-0.15, -0.1) is 10.2 Å². The predicted molar refractivity (Wildman–Crippen MR) is 85.8 cm³/mol. The molecule has 4 nitrogen and oxygen atoms in total. The van der Waals surface area contributed by atoms with Crippen LogP contribution in [0.4, 0.5) is 0 Å². The van der Waals surface area contributed by atoms with Crippen molar-refractivity contribution in [3.05, 3.63) is 34.1 Å². The number of nitrogens with zero attached hydrogens (tertiary/aromatic N) is 2. The number of aromatic nitrogens is 2. The van der Waals surface area contributed by atoms with E-state index in [1.807, 2.05) is 0 Å². The molecule has 6 heteroatoms. The minimum atomic E-state index is 0.119. The summed E-state index contributed by atoms with van der Waals surface area (Å²) in [6.45, 7) is 7.32. The number of hydrogen-bond acceptors (Lipinski definition) is 4. The van der Waals surface area contributed by atoms with E-state index in [1.165, 1.54) is 0 Å². The maximum atomic E-state index is 6.12. The van der Waals surface area contributed by atoms with Gasteiger partial charge >= 0.3 is 0 Å². The second-order valence-electron chi connectivity index (χ2n) is 5.91. The summed E-state index contributed by atoms with van der Waals surface area (Å²) in [5.41, 5.74) is 0.782. The molecule has 21 heavy (non-hydrogen) atoms. The molecule has 2 rings (SSSR count). The van der Waals surface area contributed by atoms with Crippen LogP contribution in [0.15, 0.2) is 22.6 Å². The lowest BCUT2D eigenvalue weighted by Gasteiger charge is -2.19. The predicted octanol–water partition coefficient (Wildman–Crippen LogP) is 4.36. The van der Waals surface area contributed by atoms with E-state index in [0.29, 0.717) is 27.4 Å². The fraction of sp³-hybridized carbons (Fsp3) is 0.467. The van der Waals surface area contributed by atoms with Crippen LogP contribution in [0.1, 0.15) is 33.1 Å². The third-order valence-corrected chi connectivity index (χ3v) is 3.41. The first-order valence-corrected chi connectivity index (χ1v) is 7.63. The van der Waals surface area contributed by atoms with Gasteiger partial charge in [0.2, 0.25) is 11.8 Å². The Morgan fingerprint density at radius 3 is 2.67 bits per heavy atom. The average Bonchev–Trinajstić information content (AvgIpc) is 2.85. The molecular weight excluding hydrogens is 309 g/mol. The summed E-state index contributed by atoms with van der Waals surface area (Å²) in [7, 11) is 0. The highest BCUT2D eigenvalue weighted by atomic mass is 35.5. The minimum Gasteiger partial charge on any atom is -0.421 e. The fourth-order valence-electron chi connectivity index (χ4n) is 1.83. The summed E-state index contributed by atoms with van der Waals surface area (Å²) < 4.78 is 5.64. The van der Waals surface area contributed by atoms with Crippen LogP contribution in [0.5, 0.6) is 0 Å². The van der Waals surface area contributed by atoms with Gasteiger partial charge in [0.05, 0.1) is 10.6 Å². The summed E-state index contributed by atoms with van der Waals surface area (Å²) >= 11 is 12.1. The molecule has 1 aromatic carbocycles. The molecule has 0 aliphatic rings. The lowest BCUT2D eigenvalue weighted by Crippen LogP contribution is -2.36. The number of rotatable bonds is 5. The molecule has 0 bridgehead atoms. The van der Waals surface area contributed by atoms with E-state index < -0.39 is 0 Å². The number of aryl methyl sites for hydroxylation is 1. The Labute approximate surface area is 134 Å². The van der Waals surface area contributed by atoms with Crippen molar-refractivity contribution >= 4 is 23.2 Å². The quantitative estimate of drug-likeness (QED) is 0.829. The van der Waals surface area contributed by atoms with E-state index in [4.69, 9.17) is 27.6 Å². The molecule has 0 radical (unpaired) electrons. The Hall–Kier alpha value is -1.10. The molecule has 1 N–H and O–H groups in total. The molecule has 0 atom stereocenters. The Morgan fingerprint density at radius 2 is 1.95 bits per heavy atom. The van der Waals surface area contributed by atoms with E-state index in [2.05, 4.69) is 36.3 Å². The van der Waals surface area contributed by atoms with Crippen LogP contribution in [-0.4, -0.2) is 22.3 Å². The van der Waals surface area contributed by atoms with Crippen molar-refractivity contribution in [2.75, 3.05) is 6.54 Å². The van der Waals surface area contributed by atoms with Crippen molar-refractivity contribution in [2.24, 2.45) is 0 Å². The first-order chi connectivity index (χ1) is 9.85. The SMILES string of the molecule is CC(C)(C)NCCCc1nnc(-c2cc(Cl)ccc2Cl)o1. The van der Waals surface area contributed by atoms with Crippen molar-refractivity contribution in [3.63, 3.8) is 0 Å².